The highest BCUT2D eigenvalue weighted by atomic mass is 35.5. The van der Waals surface area contributed by atoms with Gasteiger partial charge in [0.05, 0.1) is 6.10 Å². The van der Waals surface area contributed by atoms with E-state index in [1.807, 2.05) is 24.3 Å². The Kier molecular flexibility index (Phi) is 6.19. The number of rotatable bonds is 7. The van der Waals surface area contributed by atoms with E-state index in [4.69, 9.17) is 16.3 Å². The van der Waals surface area contributed by atoms with E-state index in [0.717, 1.165) is 30.9 Å². The van der Waals surface area contributed by atoms with Crippen molar-refractivity contribution in [3.05, 3.63) is 52.9 Å². The summed E-state index contributed by atoms with van der Waals surface area (Å²) in [6.07, 6.45) is 4.38. The fraction of sp³-hybridized carbons (Fsp3) is 0.389. The average molecular weight is 361 g/mol. The highest BCUT2D eigenvalue weighted by Crippen LogP contribution is 2.12. The molecule has 1 aromatic carbocycles. The minimum absolute atomic E-state index is 0.114. The number of hydrogen-bond donors (Lipinski definition) is 2. The number of aromatic nitrogens is 2. The molecule has 132 valence electrons. The van der Waals surface area contributed by atoms with E-state index in [0.29, 0.717) is 24.6 Å². The molecule has 1 amide bonds. The first-order chi connectivity index (χ1) is 12.2. The topological polar surface area (TPSA) is 76.1 Å². The van der Waals surface area contributed by atoms with Crippen LogP contribution in [0.3, 0.4) is 0 Å². The summed E-state index contributed by atoms with van der Waals surface area (Å²) in [4.78, 5) is 20.4. The van der Waals surface area contributed by atoms with Gasteiger partial charge in [-0.05, 0) is 37.0 Å². The zero-order valence-corrected chi connectivity index (χ0v) is 14.6. The van der Waals surface area contributed by atoms with Crippen molar-refractivity contribution >= 4 is 23.3 Å². The van der Waals surface area contributed by atoms with Crippen molar-refractivity contribution in [2.75, 3.05) is 25.0 Å². The van der Waals surface area contributed by atoms with Gasteiger partial charge >= 0.3 is 0 Å². The smallest absolute Gasteiger partial charge is 0.270 e. The summed E-state index contributed by atoms with van der Waals surface area (Å²) in [6, 6.07) is 9.39. The molecular formula is C18H21ClN4O2. The second-order valence-corrected chi connectivity index (χ2v) is 6.37. The zero-order valence-electron chi connectivity index (χ0n) is 13.9. The molecule has 1 unspecified atom stereocenters. The van der Waals surface area contributed by atoms with Crippen LogP contribution in [0.2, 0.25) is 5.02 Å². The first-order valence-corrected chi connectivity index (χ1v) is 8.78. The van der Waals surface area contributed by atoms with E-state index in [-0.39, 0.29) is 12.0 Å². The lowest BCUT2D eigenvalue weighted by molar-refractivity contribution is 0.0853. The third-order valence-electron chi connectivity index (χ3n) is 4.05. The van der Waals surface area contributed by atoms with Crippen LogP contribution in [0.15, 0.2) is 36.7 Å². The predicted octanol–water partition coefficient (Wildman–Crippen LogP) is 2.69. The predicted molar refractivity (Wildman–Crippen MR) is 97.0 cm³/mol. The Morgan fingerprint density at radius 1 is 1.28 bits per heavy atom. The van der Waals surface area contributed by atoms with Crippen molar-refractivity contribution in [3.8, 4) is 0 Å². The van der Waals surface area contributed by atoms with E-state index in [1.165, 1.54) is 11.9 Å². The van der Waals surface area contributed by atoms with Crippen molar-refractivity contribution in [2.24, 2.45) is 0 Å². The number of amides is 1. The van der Waals surface area contributed by atoms with Gasteiger partial charge in [-0.15, -0.1) is 0 Å². The Morgan fingerprint density at radius 3 is 2.88 bits per heavy atom. The SMILES string of the molecule is O=C(NCC1CCCO1)c1cc(NCCc2ccc(Cl)cc2)ncn1. The Hall–Kier alpha value is -2.18. The molecule has 0 aliphatic carbocycles. The van der Waals surface area contributed by atoms with Crippen LogP contribution in [0.1, 0.15) is 28.9 Å². The second-order valence-electron chi connectivity index (χ2n) is 5.94. The second kappa shape index (κ2) is 8.78. The molecule has 1 saturated heterocycles. The lowest BCUT2D eigenvalue weighted by atomic mass is 10.1. The van der Waals surface area contributed by atoms with Crippen molar-refractivity contribution in [1.82, 2.24) is 15.3 Å². The highest BCUT2D eigenvalue weighted by molar-refractivity contribution is 6.30. The molecule has 0 spiro atoms. The van der Waals surface area contributed by atoms with Crippen molar-refractivity contribution < 1.29 is 9.53 Å². The average Bonchev–Trinajstić information content (AvgIpc) is 3.15. The largest absolute Gasteiger partial charge is 0.376 e. The molecule has 1 aromatic heterocycles. The maximum absolute atomic E-state index is 12.2. The third kappa shape index (κ3) is 5.41. The minimum Gasteiger partial charge on any atom is -0.376 e. The number of carbonyl (C=O) groups is 1. The molecule has 2 N–H and O–H groups in total. The van der Waals surface area contributed by atoms with Crippen LogP contribution in [-0.2, 0) is 11.2 Å². The molecule has 0 bridgehead atoms. The van der Waals surface area contributed by atoms with Gasteiger partial charge in [0.2, 0.25) is 0 Å². The summed E-state index contributed by atoms with van der Waals surface area (Å²) in [7, 11) is 0. The summed E-state index contributed by atoms with van der Waals surface area (Å²) >= 11 is 5.88. The molecular weight excluding hydrogens is 340 g/mol. The van der Waals surface area contributed by atoms with Crippen molar-refractivity contribution in [1.29, 1.82) is 0 Å². The quantitative estimate of drug-likeness (QED) is 0.794. The number of halogens is 1. The fourth-order valence-corrected chi connectivity index (χ4v) is 2.79. The fourth-order valence-electron chi connectivity index (χ4n) is 2.67. The summed E-state index contributed by atoms with van der Waals surface area (Å²) < 4.78 is 5.50. The van der Waals surface area contributed by atoms with Crippen LogP contribution >= 0.6 is 11.6 Å². The first kappa shape index (κ1) is 17.6. The van der Waals surface area contributed by atoms with E-state index < -0.39 is 0 Å². The minimum atomic E-state index is -0.210. The monoisotopic (exact) mass is 360 g/mol. The van der Waals surface area contributed by atoms with Gasteiger partial charge < -0.3 is 15.4 Å². The highest BCUT2D eigenvalue weighted by Gasteiger charge is 2.17. The Labute approximate surface area is 152 Å². The number of nitrogens with one attached hydrogen (secondary N) is 2. The number of benzene rings is 1. The maximum Gasteiger partial charge on any atom is 0.270 e. The summed E-state index contributed by atoms with van der Waals surface area (Å²) in [5, 5.41) is 6.80. The molecule has 6 nitrogen and oxygen atoms in total. The van der Waals surface area contributed by atoms with Crippen molar-refractivity contribution in [3.63, 3.8) is 0 Å². The molecule has 0 saturated carbocycles. The van der Waals surface area contributed by atoms with Gasteiger partial charge in [0.25, 0.3) is 5.91 Å². The van der Waals surface area contributed by atoms with Gasteiger partial charge in [-0.1, -0.05) is 23.7 Å². The van der Waals surface area contributed by atoms with Crippen LogP contribution in [0.5, 0.6) is 0 Å². The maximum atomic E-state index is 12.2. The van der Waals surface area contributed by atoms with Crippen LogP contribution in [-0.4, -0.2) is 41.7 Å². The summed E-state index contributed by atoms with van der Waals surface area (Å²) in [5.41, 5.74) is 1.53. The van der Waals surface area contributed by atoms with Gasteiger partial charge in [0, 0.05) is 30.8 Å². The molecule has 1 aliphatic heterocycles. The van der Waals surface area contributed by atoms with Gasteiger partial charge in [-0.25, -0.2) is 9.97 Å². The summed E-state index contributed by atoms with van der Waals surface area (Å²) in [6.45, 7) is 1.99. The van der Waals surface area contributed by atoms with Crippen LogP contribution in [0, 0.1) is 0 Å². The Morgan fingerprint density at radius 2 is 2.12 bits per heavy atom. The van der Waals surface area contributed by atoms with Crippen LogP contribution in [0.4, 0.5) is 5.82 Å². The number of nitrogens with zero attached hydrogens (tertiary/aromatic N) is 2. The number of ether oxygens (including phenoxy) is 1. The molecule has 1 aliphatic rings. The number of carbonyl (C=O) groups excluding carboxylic acids is 1. The number of anilines is 1. The Balaban J connectivity index is 1.48. The Bertz CT molecular complexity index is 702. The molecule has 0 radical (unpaired) electrons. The van der Waals surface area contributed by atoms with Gasteiger partial charge in [0.15, 0.2) is 0 Å². The molecule has 2 aromatic rings. The molecule has 1 atom stereocenters. The van der Waals surface area contributed by atoms with Gasteiger partial charge in [-0.3, -0.25) is 4.79 Å². The lowest BCUT2D eigenvalue weighted by Crippen LogP contribution is -2.32. The molecule has 25 heavy (non-hydrogen) atoms. The van der Waals surface area contributed by atoms with Crippen molar-refractivity contribution in [2.45, 2.75) is 25.4 Å². The van der Waals surface area contributed by atoms with Gasteiger partial charge in [-0.2, -0.15) is 0 Å². The van der Waals surface area contributed by atoms with Gasteiger partial charge in [0.1, 0.15) is 17.8 Å². The van der Waals surface area contributed by atoms with E-state index >= 15 is 0 Å². The third-order valence-corrected chi connectivity index (χ3v) is 4.30. The summed E-state index contributed by atoms with van der Waals surface area (Å²) in [5.74, 6) is 0.421. The standard InChI is InChI=1S/C18H21ClN4O2/c19-14-5-3-13(4-6-14)7-8-20-17-10-16(22-12-23-17)18(24)21-11-15-2-1-9-25-15/h3-6,10,12,15H,1-2,7-9,11H2,(H,21,24)(H,20,22,23). The van der Waals surface area contributed by atoms with E-state index in [9.17, 15) is 4.79 Å². The molecule has 7 heteroatoms. The number of hydrogen-bond acceptors (Lipinski definition) is 5. The van der Waals surface area contributed by atoms with E-state index in [2.05, 4.69) is 20.6 Å². The van der Waals surface area contributed by atoms with Crippen LogP contribution in [0.25, 0.3) is 0 Å². The molecule has 1 fully saturated rings. The zero-order chi connectivity index (χ0) is 17.5. The van der Waals surface area contributed by atoms with E-state index in [1.54, 1.807) is 6.07 Å². The van der Waals surface area contributed by atoms with Crippen LogP contribution < -0.4 is 10.6 Å². The molecule has 2 heterocycles. The lowest BCUT2D eigenvalue weighted by Gasteiger charge is -2.11. The normalized spacial score (nSPS) is 16.6. The first-order valence-electron chi connectivity index (χ1n) is 8.41. The molecule has 3 rings (SSSR count).